The molecule has 19 heavy (non-hydrogen) atoms. The molecule has 108 valence electrons. The Balaban J connectivity index is 2.80. The topological polar surface area (TPSA) is 89.5 Å². The lowest BCUT2D eigenvalue weighted by molar-refractivity contribution is 0.153. The number of hydrogen-bond donors (Lipinski definition) is 1. The third kappa shape index (κ3) is 4.86. The van der Waals surface area contributed by atoms with E-state index in [4.69, 9.17) is 4.74 Å². The van der Waals surface area contributed by atoms with Gasteiger partial charge in [-0.25, -0.2) is 13.1 Å². The molecular formula is C10H14FNO5S2. The van der Waals surface area contributed by atoms with E-state index < -0.39 is 25.1 Å². The Morgan fingerprint density at radius 2 is 1.63 bits per heavy atom. The predicted molar refractivity (Wildman–Crippen MR) is 66.4 cm³/mol. The molecule has 0 aliphatic carbocycles. The summed E-state index contributed by atoms with van der Waals surface area (Å²) in [7, 11) is -8.57. The van der Waals surface area contributed by atoms with E-state index >= 15 is 0 Å². The second kappa shape index (κ2) is 6.42. The van der Waals surface area contributed by atoms with Crippen LogP contribution in [0.1, 0.15) is 6.92 Å². The largest absolute Gasteiger partial charge is 0.380 e. The van der Waals surface area contributed by atoms with Crippen LogP contribution in [0.2, 0.25) is 0 Å². The first-order valence-corrected chi connectivity index (χ1v) is 8.26. The van der Waals surface area contributed by atoms with E-state index in [1.54, 1.807) is 6.92 Å². The zero-order valence-corrected chi connectivity index (χ0v) is 11.8. The Bertz CT molecular complexity index is 610. The molecule has 0 saturated heterocycles. The summed E-state index contributed by atoms with van der Waals surface area (Å²) in [6, 6.07) is 3.84. The second-order valence-corrected chi connectivity index (χ2v) is 6.62. The van der Waals surface area contributed by atoms with Crippen LogP contribution in [0.5, 0.6) is 0 Å². The highest BCUT2D eigenvalue weighted by Crippen LogP contribution is 2.15. The van der Waals surface area contributed by atoms with Gasteiger partial charge in [-0.1, -0.05) is 0 Å². The van der Waals surface area contributed by atoms with E-state index in [2.05, 4.69) is 4.72 Å². The van der Waals surface area contributed by atoms with E-state index in [0.717, 1.165) is 24.3 Å². The lowest BCUT2D eigenvalue weighted by Crippen LogP contribution is -2.27. The summed E-state index contributed by atoms with van der Waals surface area (Å²) >= 11 is 0. The second-order valence-electron chi connectivity index (χ2n) is 3.50. The predicted octanol–water partition coefficient (Wildman–Crippen LogP) is 0.660. The highest BCUT2D eigenvalue weighted by molar-refractivity contribution is 7.89. The Morgan fingerprint density at radius 1 is 1.11 bits per heavy atom. The van der Waals surface area contributed by atoms with Crippen molar-refractivity contribution in [3.63, 3.8) is 0 Å². The van der Waals surface area contributed by atoms with Crippen LogP contribution in [0.25, 0.3) is 0 Å². The van der Waals surface area contributed by atoms with Crippen molar-refractivity contribution in [2.45, 2.75) is 16.7 Å². The van der Waals surface area contributed by atoms with Crippen LogP contribution >= 0.6 is 0 Å². The molecule has 0 aromatic heterocycles. The van der Waals surface area contributed by atoms with Crippen molar-refractivity contribution in [2.75, 3.05) is 19.8 Å². The number of nitrogens with one attached hydrogen (secondary N) is 1. The van der Waals surface area contributed by atoms with Gasteiger partial charge in [0.25, 0.3) is 0 Å². The number of rotatable bonds is 7. The summed E-state index contributed by atoms with van der Waals surface area (Å²) in [5.74, 6) is 0. The summed E-state index contributed by atoms with van der Waals surface area (Å²) in [6.45, 7) is 2.58. The van der Waals surface area contributed by atoms with Crippen LogP contribution in [0.15, 0.2) is 34.1 Å². The Kier molecular flexibility index (Phi) is 5.41. The molecule has 0 bridgehead atoms. The molecule has 6 nitrogen and oxygen atoms in total. The van der Waals surface area contributed by atoms with E-state index in [1.807, 2.05) is 0 Å². The molecule has 0 unspecified atom stereocenters. The quantitative estimate of drug-likeness (QED) is 0.590. The van der Waals surface area contributed by atoms with Crippen molar-refractivity contribution in [1.29, 1.82) is 0 Å². The highest BCUT2D eigenvalue weighted by Gasteiger charge is 2.16. The van der Waals surface area contributed by atoms with Gasteiger partial charge in [-0.2, -0.15) is 8.42 Å². The normalized spacial score (nSPS) is 12.5. The highest BCUT2D eigenvalue weighted by atomic mass is 32.3. The van der Waals surface area contributed by atoms with Gasteiger partial charge in [0.05, 0.1) is 16.4 Å². The minimum absolute atomic E-state index is 0.0966. The molecule has 1 aromatic rings. The fraction of sp³-hybridized carbons (Fsp3) is 0.400. The molecule has 1 aromatic carbocycles. The van der Waals surface area contributed by atoms with Crippen LogP contribution < -0.4 is 4.72 Å². The molecule has 0 heterocycles. The maximum absolute atomic E-state index is 12.6. The first-order chi connectivity index (χ1) is 8.77. The van der Waals surface area contributed by atoms with Gasteiger partial charge in [-0.3, -0.25) is 0 Å². The zero-order chi connectivity index (χ0) is 14.5. The molecule has 0 spiro atoms. The van der Waals surface area contributed by atoms with Crippen LogP contribution in [0.3, 0.4) is 0 Å². The third-order valence-corrected chi connectivity index (χ3v) is 4.47. The van der Waals surface area contributed by atoms with Crippen LogP contribution in [0.4, 0.5) is 3.89 Å². The van der Waals surface area contributed by atoms with E-state index in [0.29, 0.717) is 6.61 Å². The Morgan fingerprint density at radius 3 is 2.11 bits per heavy atom. The summed E-state index contributed by atoms with van der Waals surface area (Å²) in [5.41, 5.74) is 0. The maximum Gasteiger partial charge on any atom is 0.332 e. The standard InChI is InChI=1S/C10H14FNO5S2/c1-2-17-8-7-12-19(15,16)10-5-3-9(4-6-10)18(11,13)14/h3-6,12H,2,7-8H2,1H3. The smallest absolute Gasteiger partial charge is 0.332 e. The lowest BCUT2D eigenvalue weighted by atomic mass is 10.4. The van der Waals surface area contributed by atoms with Crippen LogP contribution in [-0.4, -0.2) is 36.6 Å². The van der Waals surface area contributed by atoms with Crippen molar-refractivity contribution < 1.29 is 25.5 Å². The summed E-state index contributed by atoms with van der Waals surface area (Å²) in [5, 5.41) is 0. The van der Waals surface area contributed by atoms with Crippen molar-refractivity contribution in [2.24, 2.45) is 0 Å². The van der Waals surface area contributed by atoms with Crippen molar-refractivity contribution in [1.82, 2.24) is 4.72 Å². The van der Waals surface area contributed by atoms with Gasteiger partial charge in [-0.15, -0.1) is 3.89 Å². The van der Waals surface area contributed by atoms with E-state index in [-0.39, 0.29) is 18.0 Å². The van der Waals surface area contributed by atoms with Crippen molar-refractivity contribution in [3.8, 4) is 0 Å². The van der Waals surface area contributed by atoms with Crippen molar-refractivity contribution in [3.05, 3.63) is 24.3 Å². The van der Waals surface area contributed by atoms with E-state index in [1.165, 1.54) is 0 Å². The number of ether oxygens (including phenoxy) is 1. The molecule has 0 fully saturated rings. The summed E-state index contributed by atoms with van der Waals surface area (Å²) in [4.78, 5) is -0.725. The lowest BCUT2D eigenvalue weighted by Gasteiger charge is -2.07. The van der Waals surface area contributed by atoms with Crippen molar-refractivity contribution >= 4 is 20.2 Å². The molecule has 0 saturated carbocycles. The first kappa shape index (κ1) is 16.0. The maximum atomic E-state index is 12.6. The number of sulfonamides is 1. The van der Waals surface area contributed by atoms with Gasteiger partial charge in [-0.05, 0) is 31.2 Å². The number of benzene rings is 1. The first-order valence-electron chi connectivity index (χ1n) is 5.39. The average molecular weight is 311 g/mol. The minimum atomic E-state index is -4.82. The van der Waals surface area contributed by atoms with Gasteiger partial charge >= 0.3 is 10.2 Å². The monoisotopic (exact) mass is 311 g/mol. The number of hydrogen-bond acceptors (Lipinski definition) is 5. The van der Waals surface area contributed by atoms with Crippen LogP contribution in [0, 0.1) is 0 Å². The molecule has 9 heteroatoms. The zero-order valence-electron chi connectivity index (χ0n) is 10.2. The Labute approximate surface area is 111 Å². The average Bonchev–Trinajstić information content (AvgIpc) is 2.34. The van der Waals surface area contributed by atoms with Crippen LogP contribution in [-0.2, 0) is 25.0 Å². The number of halogens is 1. The van der Waals surface area contributed by atoms with E-state index in [9.17, 15) is 20.7 Å². The fourth-order valence-corrected chi connectivity index (χ4v) is 2.73. The molecule has 1 N–H and O–H groups in total. The van der Waals surface area contributed by atoms with Gasteiger partial charge in [0, 0.05) is 13.2 Å². The SMILES string of the molecule is CCOCCNS(=O)(=O)c1ccc(S(=O)(=O)F)cc1. The fourth-order valence-electron chi connectivity index (χ4n) is 1.26. The summed E-state index contributed by atoms with van der Waals surface area (Å²) in [6.07, 6.45) is 0. The van der Waals surface area contributed by atoms with Gasteiger partial charge in [0.1, 0.15) is 0 Å². The third-order valence-electron chi connectivity index (χ3n) is 2.16. The Hall–Kier alpha value is -1.03. The summed E-state index contributed by atoms with van der Waals surface area (Å²) < 4.78 is 64.5. The van der Waals surface area contributed by atoms with Gasteiger partial charge < -0.3 is 4.74 Å². The molecule has 0 atom stereocenters. The van der Waals surface area contributed by atoms with Gasteiger partial charge in [0.2, 0.25) is 10.0 Å². The molecular weight excluding hydrogens is 297 g/mol. The van der Waals surface area contributed by atoms with Gasteiger partial charge in [0.15, 0.2) is 0 Å². The molecule has 0 aliphatic rings. The molecule has 0 amide bonds. The minimum Gasteiger partial charge on any atom is -0.380 e. The molecule has 0 radical (unpaired) electrons. The molecule has 0 aliphatic heterocycles. The molecule has 1 rings (SSSR count).